The molecule has 3 aliphatic rings. The van der Waals surface area contributed by atoms with Gasteiger partial charge in [-0.3, -0.25) is 0 Å². The van der Waals surface area contributed by atoms with Crippen molar-refractivity contribution in [3.8, 4) is 55.6 Å². The number of rotatable bonds is 5. The maximum Gasteiger partial charge on any atom is 0.143 e. The van der Waals surface area contributed by atoms with Crippen LogP contribution in [-0.2, 0) is 10.8 Å². The summed E-state index contributed by atoms with van der Waals surface area (Å²) in [6, 6.07) is 88.0. The van der Waals surface area contributed by atoms with Gasteiger partial charge >= 0.3 is 0 Å². The molecule has 0 bridgehead atoms. The standard InChI is InChI=1S/C68H45NO/c1-67(2)56-27-13-8-20-47(56)51-38-36-45(40-60(51)67)69(46-37-39-52-50-23-11-16-30-59(50)68(61(52)41-46)57-28-14-9-21-48(57)49-22-10-15-29-58(49)68)44-34-32-43(33-35-44)63-53-24-6-7-25-54(53)66-65(55-26-12-17-31-62(55)70-66)64(63)42-18-4-3-5-19-42/h3-41H,1-2H3. The van der Waals surface area contributed by atoms with Gasteiger partial charge in [-0.15, -0.1) is 0 Å². The molecule has 0 saturated carbocycles. The van der Waals surface area contributed by atoms with Crippen LogP contribution in [0.25, 0.3) is 88.3 Å². The summed E-state index contributed by atoms with van der Waals surface area (Å²) in [7, 11) is 0. The maximum absolute atomic E-state index is 6.75. The molecular weight excluding hydrogens is 847 g/mol. The first-order chi connectivity index (χ1) is 34.5. The summed E-state index contributed by atoms with van der Waals surface area (Å²) < 4.78 is 6.75. The van der Waals surface area contributed by atoms with Crippen molar-refractivity contribution in [2.45, 2.75) is 24.7 Å². The predicted octanol–water partition coefficient (Wildman–Crippen LogP) is 18.2. The number of hydrogen-bond acceptors (Lipinski definition) is 2. The third kappa shape index (κ3) is 5.17. The van der Waals surface area contributed by atoms with Crippen LogP contribution in [-0.4, -0.2) is 0 Å². The first-order valence-corrected chi connectivity index (χ1v) is 24.5. The minimum absolute atomic E-state index is 0.164. The lowest BCUT2D eigenvalue weighted by molar-refractivity contribution is 0.660. The Bertz CT molecular complexity index is 4090. The number of para-hydroxylation sites is 1. The van der Waals surface area contributed by atoms with E-state index in [0.717, 1.165) is 55.5 Å². The Labute approximate surface area is 407 Å². The molecule has 2 heteroatoms. The van der Waals surface area contributed by atoms with Crippen LogP contribution in [0, 0.1) is 0 Å². The summed E-state index contributed by atoms with van der Waals surface area (Å²) in [6.07, 6.45) is 0. The normalized spacial score (nSPS) is 14.1. The topological polar surface area (TPSA) is 16.4 Å². The molecule has 11 aromatic carbocycles. The van der Waals surface area contributed by atoms with Crippen molar-refractivity contribution >= 4 is 49.8 Å². The molecule has 1 heterocycles. The molecular formula is C68H45NO. The highest BCUT2D eigenvalue weighted by molar-refractivity contribution is 6.26. The second-order valence-corrected chi connectivity index (χ2v) is 19.9. The summed E-state index contributed by atoms with van der Waals surface area (Å²) >= 11 is 0. The number of hydrogen-bond donors (Lipinski definition) is 0. The molecule has 3 aliphatic carbocycles. The smallest absolute Gasteiger partial charge is 0.143 e. The Kier molecular flexibility index (Phi) is 8.08. The monoisotopic (exact) mass is 891 g/mol. The summed E-state index contributed by atoms with van der Waals surface area (Å²) in [5.41, 5.74) is 25.1. The number of fused-ring (bicyclic) bond motifs is 18. The lowest BCUT2D eigenvalue weighted by Crippen LogP contribution is -2.26. The molecule has 0 atom stereocenters. The zero-order valence-electron chi connectivity index (χ0n) is 38.9. The van der Waals surface area contributed by atoms with Crippen LogP contribution in [0.2, 0.25) is 0 Å². The first kappa shape index (κ1) is 39.3. The van der Waals surface area contributed by atoms with Crippen molar-refractivity contribution in [2.24, 2.45) is 0 Å². The molecule has 12 aromatic rings. The van der Waals surface area contributed by atoms with Crippen LogP contribution in [0.15, 0.2) is 241 Å². The zero-order valence-corrected chi connectivity index (χ0v) is 38.9. The molecule has 0 unspecified atom stereocenters. The molecule has 0 radical (unpaired) electrons. The van der Waals surface area contributed by atoms with Gasteiger partial charge in [-0.2, -0.15) is 0 Å². The largest absolute Gasteiger partial charge is 0.455 e. The van der Waals surface area contributed by atoms with Crippen molar-refractivity contribution in [3.05, 3.63) is 270 Å². The third-order valence-corrected chi connectivity index (χ3v) is 16.1. The fourth-order valence-corrected chi connectivity index (χ4v) is 13.1. The first-order valence-electron chi connectivity index (χ1n) is 24.5. The Morgan fingerprint density at radius 1 is 0.329 bits per heavy atom. The Morgan fingerprint density at radius 2 is 0.771 bits per heavy atom. The van der Waals surface area contributed by atoms with Crippen LogP contribution >= 0.6 is 0 Å². The molecule has 0 N–H and O–H groups in total. The highest BCUT2D eigenvalue weighted by Crippen LogP contribution is 2.63. The van der Waals surface area contributed by atoms with E-state index >= 15 is 0 Å². The van der Waals surface area contributed by atoms with Gasteiger partial charge in [-0.25, -0.2) is 0 Å². The van der Waals surface area contributed by atoms with Crippen molar-refractivity contribution in [1.29, 1.82) is 0 Å². The molecule has 0 aliphatic heterocycles. The molecule has 15 rings (SSSR count). The van der Waals surface area contributed by atoms with Gasteiger partial charge in [0.05, 0.1) is 5.41 Å². The van der Waals surface area contributed by atoms with Crippen molar-refractivity contribution in [3.63, 3.8) is 0 Å². The molecule has 1 spiro atoms. The summed E-state index contributed by atoms with van der Waals surface area (Å²) in [6.45, 7) is 4.75. The fraction of sp³-hybridized carbons (Fsp3) is 0.0588. The summed E-state index contributed by atoms with van der Waals surface area (Å²) in [5, 5.41) is 4.54. The molecule has 0 saturated heterocycles. The van der Waals surface area contributed by atoms with Crippen LogP contribution in [0.4, 0.5) is 17.1 Å². The SMILES string of the molecule is CC1(C)c2ccccc2-c2ccc(N(c3ccc(-c4c(-c5ccccc5)c5c6ccccc6oc5c5ccccc45)cc3)c3ccc4c(c3)C3(c5ccccc5-c5ccccc53)c3ccccc3-4)cc21. The lowest BCUT2D eigenvalue weighted by Gasteiger charge is -2.32. The van der Waals surface area contributed by atoms with Crippen LogP contribution < -0.4 is 4.90 Å². The van der Waals surface area contributed by atoms with Crippen molar-refractivity contribution in [1.82, 2.24) is 0 Å². The fourth-order valence-electron chi connectivity index (χ4n) is 13.1. The van der Waals surface area contributed by atoms with Crippen molar-refractivity contribution < 1.29 is 4.42 Å². The van der Waals surface area contributed by atoms with Gasteiger partial charge in [0.1, 0.15) is 11.2 Å². The number of furan rings is 1. The van der Waals surface area contributed by atoms with E-state index in [0.29, 0.717) is 0 Å². The second-order valence-electron chi connectivity index (χ2n) is 19.9. The van der Waals surface area contributed by atoms with E-state index in [9.17, 15) is 0 Å². The summed E-state index contributed by atoms with van der Waals surface area (Å²) in [5.74, 6) is 0. The third-order valence-electron chi connectivity index (χ3n) is 16.1. The van der Waals surface area contributed by atoms with E-state index in [2.05, 4.69) is 255 Å². The van der Waals surface area contributed by atoms with Gasteiger partial charge < -0.3 is 9.32 Å². The number of nitrogens with zero attached hydrogens (tertiary/aromatic N) is 1. The van der Waals surface area contributed by atoms with Gasteiger partial charge in [0.2, 0.25) is 0 Å². The van der Waals surface area contributed by atoms with Crippen molar-refractivity contribution in [2.75, 3.05) is 4.90 Å². The quantitative estimate of drug-likeness (QED) is 0.171. The zero-order chi connectivity index (χ0) is 46.3. The minimum atomic E-state index is -0.461. The van der Waals surface area contributed by atoms with E-state index < -0.39 is 5.41 Å². The lowest BCUT2D eigenvalue weighted by atomic mass is 9.70. The van der Waals surface area contributed by atoms with Gasteiger partial charge in [0.25, 0.3) is 0 Å². The maximum atomic E-state index is 6.75. The van der Waals surface area contributed by atoms with Gasteiger partial charge in [-0.1, -0.05) is 208 Å². The Hall–Kier alpha value is -8.72. The van der Waals surface area contributed by atoms with Crippen LogP contribution in [0.1, 0.15) is 47.2 Å². The van der Waals surface area contributed by atoms with E-state index in [-0.39, 0.29) is 5.41 Å². The summed E-state index contributed by atoms with van der Waals surface area (Å²) in [4.78, 5) is 2.50. The molecule has 70 heavy (non-hydrogen) atoms. The molecule has 328 valence electrons. The van der Waals surface area contributed by atoms with E-state index in [4.69, 9.17) is 4.42 Å². The average molecular weight is 892 g/mol. The van der Waals surface area contributed by atoms with E-state index in [1.165, 1.54) is 83.3 Å². The highest BCUT2D eigenvalue weighted by Gasteiger charge is 2.51. The molecule has 1 aromatic heterocycles. The van der Waals surface area contributed by atoms with E-state index in [1.54, 1.807) is 0 Å². The number of benzene rings is 11. The molecule has 2 nitrogen and oxygen atoms in total. The number of anilines is 3. The highest BCUT2D eigenvalue weighted by atomic mass is 16.3. The van der Waals surface area contributed by atoms with E-state index in [1.807, 2.05) is 0 Å². The van der Waals surface area contributed by atoms with Gasteiger partial charge in [0.15, 0.2) is 0 Å². The molecule has 0 fully saturated rings. The molecule has 0 amide bonds. The van der Waals surface area contributed by atoms with Gasteiger partial charge in [0, 0.05) is 44.2 Å². The van der Waals surface area contributed by atoms with Crippen LogP contribution in [0.3, 0.4) is 0 Å². The van der Waals surface area contributed by atoms with Crippen LogP contribution in [0.5, 0.6) is 0 Å². The Balaban J connectivity index is 0.973. The predicted molar refractivity (Wildman–Crippen MR) is 291 cm³/mol. The average Bonchev–Trinajstić information content (AvgIpc) is 4.12. The van der Waals surface area contributed by atoms with Gasteiger partial charge in [-0.05, 0) is 131 Å². The Morgan fingerprint density at radius 3 is 1.40 bits per heavy atom. The second kappa shape index (κ2) is 14.4. The minimum Gasteiger partial charge on any atom is -0.455 e.